The molecule has 1 heterocycles. The molecule has 1 amide bonds. The van der Waals surface area contributed by atoms with Crippen molar-refractivity contribution in [3.05, 3.63) is 64.2 Å². The summed E-state index contributed by atoms with van der Waals surface area (Å²) in [6, 6.07) is 11.3. The molecule has 1 fully saturated rings. The fraction of sp³-hybridized carbons (Fsp3) is 0.333. The van der Waals surface area contributed by atoms with E-state index in [1.165, 1.54) is 12.1 Å². The molecule has 0 N–H and O–H groups in total. The first-order chi connectivity index (χ1) is 13.6. The van der Waals surface area contributed by atoms with Crippen molar-refractivity contribution in [1.29, 1.82) is 5.26 Å². The predicted molar refractivity (Wildman–Crippen MR) is 105 cm³/mol. The Hall–Kier alpha value is -2.72. The van der Waals surface area contributed by atoms with Crippen LogP contribution in [0.3, 0.4) is 0 Å². The van der Waals surface area contributed by atoms with Crippen LogP contribution in [-0.4, -0.2) is 36.0 Å². The molecule has 2 aromatic carbocycles. The van der Waals surface area contributed by atoms with Crippen LogP contribution in [-0.2, 0) is 6.18 Å². The first-order valence-electron chi connectivity index (χ1n) is 9.06. The van der Waals surface area contributed by atoms with Gasteiger partial charge in [0.25, 0.3) is 5.91 Å². The SMILES string of the molecule is C[C@@H]1CN(c2ccc(C#N)c(Cl)c2)[C@@H](C)CN1C(=O)c1ccc(C(F)(F)F)cc1. The highest BCUT2D eigenvalue weighted by Crippen LogP contribution is 2.31. The van der Waals surface area contributed by atoms with Gasteiger partial charge in [-0.25, -0.2) is 0 Å². The van der Waals surface area contributed by atoms with E-state index in [1.807, 2.05) is 26.0 Å². The first-order valence-corrected chi connectivity index (χ1v) is 9.44. The zero-order valence-electron chi connectivity index (χ0n) is 15.9. The Morgan fingerprint density at radius 2 is 1.76 bits per heavy atom. The van der Waals surface area contributed by atoms with Crippen molar-refractivity contribution in [2.24, 2.45) is 0 Å². The van der Waals surface area contributed by atoms with Gasteiger partial charge in [0.2, 0.25) is 0 Å². The quantitative estimate of drug-likeness (QED) is 0.687. The van der Waals surface area contributed by atoms with E-state index in [0.717, 1.165) is 17.8 Å². The van der Waals surface area contributed by atoms with Crippen LogP contribution in [0.2, 0.25) is 5.02 Å². The number of halogens is 4. The molecule has 1 saturated heterocycles. The van der Waals surface area contributed by atoms with Crippen LogP contribution in [0.4, 0.5) is 18.9 Å². The Labute approximate surface area is 172 Å². The highest BCUT2D eigenvalue weighted by molar-refractivity contribution is 6.32. The second-order valence-corrected chi connectivity index (χ2v) is 7.57. The van der Waals surface area contributed by atoms with Gasteiger partial charge < -0.3 is 9.80 Å². The summed E-state index contributed by atoms with van der Waals surface area (Å²) < 4.78 is 38.2. The van der Waals surface area contributed by atoms with Crippen LogP contribution in [0.5, 0.6) is 0 Å². The Morgan fingerprint density at radius 1 is 1.10 bits per heavy atom. The van der Waals surface area contributed by atoms with Gasteiger partial charge >= 0.3 is 6.18 Å². The van der Waals surface area contributed by atoms with Gasteiger partial charge in [0.1, 0.15) is 6.07 Å². The van der Waals surface area contributed by atoms with Crippen molar-refractivity contribution in [2.45, 2.75) is 32.1 Å². The van der Waals surface area contributed by atoms with Crippen molar-refractivity contribution >= 4 is 23.2 Å². The summed E-state index contributed by atoms with van der Waals surface area (Å²) in [5.74, 6) is -0.296. The minimum atomic E-state index is -4.43. The van der Waals surface area contributed by atoms with E-state index in [9.17, 15) is 18.0 Å². The second kappa shape index (κ2) is 7.96. The lowest BCUT2D eigenvalue weighted by atomic mass is 10.0. The average molecular weight is 422 g/mol. The third-order valence-corrected chi connectivity index (χ3v) is 5.42. The Balaban J connectivity index is 1.77. The van der Waals surface area contributed by atoms with Crippen LogP contribution in [0.25, 0.3) is 0 Å². The van der Waals surface area contributed by atoms with Crippen molar-refractivity contribution in [3.63, 3.8) is 0 Å². The number of carbonyl (C=O) groups excluding carboxylic acids is 1. The summed E-state index contributed by atoms with van der Waals surface area (Å²) >= 11 is 6.14. The Morgan fingerprint density at radius 3 is 2.31 bits per heavy atom. The molecule has 0 radical (unpaired) electrons. The highest BCUT2D eigenvalue weighted by Gasteiger charge is 2.34. The molecule has 8 heteroatoms. The molecule has 1 aliphatic rings. The van der Waals surface area contributed by atoms with Gasteiger partial charge in [0.15, 0.2) is 0 Å². The van der Waals surface area contributed by atoms with Crippen molar-refractivity contribution in [1.82, 2.24) is 4.90 Å². The van der Waals surface area contributed by atoms with Gasteiger partial charge in [0, 0.05) is 36.4 Å². The lowest BCUT2D eigenvalue weighted by molar-refractivity contribution is -0.137. The molecular formula is C21H19ClF3N3O. The molecular weight excluding hydrogens is 403 g/mol. The van der Waals surface area contributed by atoms with Crippen LogP contribution >= 0.6 is 11.6 Å². The molecule has 2 atom stereocenters. The zero-order chi connectivity index (χ0) is 21.3. The van der Waals surface area contributed by atoms with E-state index >= 15 is 0 Å². The monoisotopic (exact) mass is 421 g/mol. The Bertz CT molecular complexity index is 953. The maximum atomic E-state index is 12.9. The third-order valence-electron chi connectivity index (χ3n) is 5.11. The average Bonchev–Trinajstić information content (AvgIpc) is 2.68. The number of piperazine rings is 1. The van der Waals surface area contributed by atoms with Crippen molar-refractivity contribution in [2.75, 3.05) is 18.0 Å². The van der Waals surface area contributed by atoms with Gasteiger partial charge in [-0.05, 0) is 56.3 Å². The smallest absolute Gasteiger partial charge is 0.365 e. The van der Waals surface area contributed by atoms with E-state index in [0.29, 0.717) is 23.7 Å². The number of benzene rings is 2. The predicted octanol–water partition coefficient (Wildman–Crippen LogP) is 4.97. The maximum absolute atomic E-state index is 12.9. The van der Waals surface area contributed by atoms with Crippen LogP contribution in [0.15, 0.2) is 42.5 Å². The van der Waals surface area contributed by atoms with Gasteiger partial charge in [-0.2, -0.15) is 18.4 Å². The lowest BCUT2D eigenvalue weighted by Crippen LogP contribution is -2.58. The number of hydrogen-bond acceptors (Lipinski definition) is 3. The molecule has 1 aliphatic heterocycles. The van der Waals surface area contributed by atoms with Crippen LogP contribution < -0.4 is 4.90 Å². The zero-order valence-corrected chi connectivity index (χ0v) is 16.6. The normalized spacial score (nSPS) is 19.8. The van der Waals surface area contributed by atoms with E-state index < -0.39 is 11.7 Å². The number of nitrogens with zero attached hydrogens (tertiary/aromatic N) is 3. The topological polar surface area (TPSA) is 47.3 Å². The number of hydrogen-bond donors (Lipinski definition) is 0. The van der Waals surface area contributed by atoms with Gasteiger partial charge in [-0.3, -0.25) is 4.79 Å². The first kappa shape index (κ1) is 21.0. The van der Waals surface area contributed by atoms with Gasteiger partial charge in [-0.1, -0.05) is 11.6 Å². The number of amides is 1. The van der Waals surface area contributed by atoms with Gasteiger partial charge in [-0.15, -0.1) is 0 Å². The molecule has 0 aromatic heterocycles. The number of nitriles is 1. The number of alkyl halides is 3. The third kappa shape index (κ3) is 4.33. The van der Waals surface area contributed by atoms with E-state index in [-0.39, 0.29) is 23.6 Å². The maximum Gasteiger partial charge on any atom is 0.416 e. The number of carbonyl (C=O) groups is 1. The molecule has 0 aliphatic carbocycles. The minimum absolute atomic E-state index is 0.0337. The molecule has 4 nitrogen and oxygen atoms in total. The molecule has 3 rings (SSSR count). The standard InChI is InChI=1S/C21H19ClF3N3O/c1-13-12-28(20(29)15-3-6-17(7-4-15)21(23,24)25)14(2)11-27(13)18-8-5-16(10-26)19(22)9-18/h3-9,13-14H,11-12H2,1-2H3/t13-,14+/m0/s1. The number of anilines is 1. The summed E-state index contributed by atoms with van der Waals surface area (Å²) in [7, 11) is 0. The largest absolute Gasteiger partial charge is 0.416 e. The summed E-state index contributed by atoms with van der Waals surface area (Å²) in [6.07, 6.45) is -4.43. The Kier molecular flexibility index (Phi) is 5.76. The molecule has 0 unspecified atom stereocenters. The second-order valence-electron chi connectivity index (χ2n) is 7.16. The molecule has 0 saturated carbocycles. The fourth-order valence-electron chi connectivity index (χ4n) is 3.51. The summed E-state index contributed by atoms with van der Waals surface area (Å²) in [6.45, 7) is 4.81. The molecule has 152 valence electrons. The molecule has 2 aromatic rings. The van der Waals surface area contributed by atoms with Crippen molar-refractivity contribution in [3.8, 4) is 6.07 Å². The van der Waals surface area contributed by atoms with E-state index in [2.05, 4.69) is 4.90 Å². The number of rotatable bonds is 2. The fourth-order valence-corrected chi connectivity index (χ4v) is 3.73. The molecule has 0 bridgehead atoms. The van der Waals surface area contributed by atoms with Crippen LogP contribution in [0, 0.1) is 11.3 Å². The highest BCUT2D eigenvalue weighted by atomic mass is 35.5. The summed E-state index contributed by atoms with van der Waals surface area (Å²) in [5.41, 5.74) is 0.701. The molecule has 0 spiro atoms. The summed E-state index contributed by atoms with van der Waals surface area (Å²) in [5, 5.41) is 9.39. The van der Waals surface area contributed by atoms with Gasteiger partial charge in [0.05, 0.1) is 16.1 Å². The van der Waals surface area contributed by atoms with Crippen molar-refractivity contribution < 1.29 is 18.0 Å². The van der Waals surface area contributed by atoms with Crippen LogP contribution in [0.1, 0.15) is 35.3 Å². The lowest BCUT2D eigenvalue weighted by Gasteiger charge is -2.45. The molecule has 29 heavy (non-hydrogen) atoms. The van der Waals surface area contributed by atoms with E-state index in [1.54, 1.807) is 17.0 Å². The summed E-state index contributed by atoms with van der Waals surface area (Å²) in [4.78, 5) is 16.6. The van der Waals surface area contributed by atoms with E-state index in [4.69, 9.17) is 16.9 Å². The minimum Gasteiger partial charge on any atom is -0.365 e.